The van der Waals surface area contributed by atoms with E-state index in [4.69, 9.17) is 11.6 Å². The van der Waals surface area contributed by atoms with Crippen LogP contribution in [0.1, 0.15) is 5.56 Å². The molecular weight excluding hydrogens is 260 g/mol. The molecule has 0 aliphatic heterocycles. The van der Waals surface area contributed by atoms with Gasteiger partial charge in [-0.05, 0) is 31.2 Å². The van der Waals surface area contributed by atoms with Gasteiger partial charge in [-0.1, -0.05) is 35.4 Å². The average molecular weight is 271 g/mol. The Morgan fingerprint density at radius 3 is 2.53 bits per heavy atom. The Morgan fingerprint density at radius 2 is 1.79 bits per heavy atom. The number of hydrogen-bond acceptors (Lipinski definition) is 2. The molecule has 0 aliphatic carbocycles. The van der Waals surface area contributed by atoms with Crippen molar-refractivity contribution in [1.29, 1.82) is 0 Å². The second-order valence-electron chi connectivity index (χ2n) is 4.46. The molecular formula is C15H11ClN2O. The summed E-state index contributed by atoms with van der Waals surface area (Å²) < 4.78 is 0. The number of aryl methyl sites for hydroxylation is 1. The summed E-state index contributed by atoms with van der Waals surface area (Å²) in [7, 11) is 0. The van der Waals surface area contributed by atoms with Crippen molar-refractivity contribution in [3.63, 3.8) is 0 Å². The summed E-state index contributed by atoms with van der Waals surface area (Å²) in [6, 6.07) is 13.1. The predicted octanol–water partition coefficient (Wildman–Crippen LogP) is 3.55. The molecule has 4 heteroatoms. The van der Waals surface area contributed by atoms with Crippen LogP contribution in [-0.2, 0) is 0 Å². The summed E-state index contributed by atoms with van der Waals surface area (Å²) in [5.41, 5.74) is 2.61. The fourth-order valence-electron chi connectivity index (χ4n) is 2.11. The van der Waals surface area contributed by atoms with Gasteiger partial charge in [0, 0.05) is 16.0 Å². The minimum atomic E-state index is -0.173. The molecule has 2 aromatic carbocycles. The van der Waals surface area contributed by atoms with E-state index in [0.29, 0.717) is 10.4 Å². The number of rotatable bonds is 1. The molecule has 1 N–H and O–H groups in total. The summed E-state index contributed by atoms with van der Waals surface area (Å²) in [5.74, 6) is 0. The van der Waals surface area contributed by atoms with E-state index in [2.05, 4.69) is 10.2 Å². The zero-order chi connectivity index (χ0) is 13.4. The van der Waals surface area contributed by atoms with Crippen molar-refractivity contribution >= 4 is 22.4 Å². The van der Waals surface area contributed by atoms with Gasteiger partial charge in [-0.25, -0.2) is 5.10 Å². The third kappa shape index (κ3) is 2.13. The molecule has 0 saturated heterocycles. The summed E-state index contributed by atoms with van der Waals surface area (Å²) in [5, 5.41) is 8.88. The lowest BCUT2D eigenvalue weighted by Gasteiger charge is -2.06. The Hall–Kier alpha value is -2.13. The van der Waals surface area contributed by atoms with Crippen LogP contribution in [-0.4, -0.2) is 10.2 Å². The summed E-state index contributed by atoms with van der Waals surface area (Å²) in [6.45, 7) is 1.99. The van der Waals surface area contributed by atoms with Gasteiger partial charge in [0.1, 0.15) is 0 Å². The maximum Gasteiger partial charge on any atom is 0.272 e. The van der Waals surface area contributed by atoms with E-state index in [1.165, 1.54) is 0 Å². The third-order valence-electron chi connectivity index (χ3n) is 3.06. The van der Waals surface area contributed by atoms with Gasteiger partial charge >= 0.3 is 0 Å². The molecule has 0 atom stereocenters. The molecule has 3 nitrogen and oxygen atoms in total. The number of H-pyrrole nitrogens is 1. The lowest BCUT2D eigenvalue weighted by molar-refractivity contribution is 1.02. The summed E-state index contributed by atoms with van der Waals surface area (Å²) in [4.78, 5) is 11.8. The number of nitrogens with one attached hydrogen (secondary N) is 1. The van der Waals surface area contributed by atoms with Crippen molar-refractivity contribution < 1.29 is 0 Å². The van der Waals surface area contributed by atoms with Crippen LogP contribution >= 0.6 is 11.6 Å². The monoisotopic (exact) mass is 270 g/mol. The predicted molar refractivity (Wildman–Crippen MR) is 77.5 cm³/mol. The van der Waals surface area contributed by atoms with Crippen LogP contribution < -0.4 is 5.56 Å². The van der Waals surface area contributed by atoms with Gasteiger partial charge < -0.3 is 0 Å². The number of nitrogens with zero attached hydrogens (tertiary/aromatic N) is 1. The minimum absolute atomic E-state index is 0.173. The molecule has 0 unspecified atom stereocenters. The van der Waals surface area contributed by atoms with Crippen LogP contribution in [0, 0.1) is 6.92 Å². The molecule has 3 aromatic rings. The van der Waals surface area contributed by atoms with Gasteiger partial charge in [0.25, 0.3) is 5.56 Å². The van der Waals surface area contributed by atoms with E-state index in [1.807, 2.05) is 49.4 Å². The second kappa shape index (κ2) is 4.52. The van der Waals surface area contributed by atoms with E-state index in [9.17, 15) is 4.79 Å². The van der Waals surface area contributed by atoms with Gasteiger partial charge in [-0.3, -0.25) is 4.79 Å². The van der Waals surface area contributed by atoms with Crippen molar-refractivity contribution in [1.82, 2.24) is 10.2 Å². The van der Waals surface area contributed by atoms with Gasteiger partial charge in [0.15, 0.2) is 0 Å². The van der Waals surface area contributed by atoms with Gasteiger partial charge in [0.05, 0.1) is 11.1 Å². The maximum atomic E-state index is 11.8. The molecule has 3 rings (SSSR count). The zero-order valence-electron chi connectivity index (χ0n) is 10.3. The summed E-state index contributed by atoms with van der Waals surface area (Å²) in [6.07, 6.45) is 0. The fraction of sp³-hybridized carbons (Fsp3) is 0.0667. The Bertz CT molecular complexity index is 806. The topological polar surface area (TPSA) is 45.8 Å². The molecule has 0 saturated carbocycles. The molecule has 0 amide bonds. The molecule has 0 fully saturated rings. The number of aromatic amines is 1. The normalized spacial score (nSPS) is 10.8. The standard InChI is InChI=1S/C15H11ClN2O/c1-9-2-7-12-13(8-9)14(17-18-15(12)19)10-3-5-11(16)6-4-10/h2-8H,1H3,(H,18,19). The first-order chi connectivity index (χ1) is 9.15. The zero-order valence-corrected chi connectivity index (χ0v) is 11.0. The number of hydrogen-bond donors (Lipinski definition) is 1. The highest BCUT2D eigenvalue weighted by Gasteiger charge is 2.08. The maximum absolute atomic E-state index is 11.8. The van der Waals surface area contributed by atoms with Crippen LogP contribution in [0.2, 0.25) is 5.02 Å². The lowest BCUT2D eigenvalue weighted by atomic mass is 10.0. The number of aromatic nitrogens is 2. The number of halogens is 1. The van der Waals surface area contributed by atoms with Crippen LogP contribution in [0.3, 0.4) is 0 Å². The highest BCUT2D eigenvalue weighted by molar-refractivity contribution is 6.30. The quantitative estimate of drug-likeness (QED) is 0.735. The molecule has 1 heterocycles. The Balaban J connectivity index is 2.35. The van der Waals surface area contributed by atoms with E-state index in [1.54, 1.807) is 0 Å². The molecule has 0 radical (unpaired) electrons. The van der Waals surface area contributed by atoms with Gasteiger partial charge in [0.2, 0.25) is 0 Å². The largest absolute Gasteiger partial charge is 0.272 e. The van der Waals surface area contributed by atoms with Gasteiger partial charge in [-0.15, -0.1) is 0 Å². The number of benzene rings is 2. The first kappa shape index (κ1) is 11.9. The first-order valence-corrected chi connectivity index (χ1v) is 6.28. The lowest BCUT2D eigenvalue weighted by Crippen LogP contribution is -2.09. The van der Waals surface area contributed by atoms with Crippen molar-refractivity contribution in [2.45, 2.75) is 6.92 Å². The highest BCUT2D eigenvalue weighted by Crippen LogP contribution is 2.26. The Morgan fingerprint density at radius 1 is 1.05 bits per heavy atom. The van der Waals surface area contributed by atoms with E-state index in [0.717, 1.165) is 22.2 Å². The third-order valence-corrected chi connectivity index (χ3v) is 3.31. The first-order valence-electron chi connectivity index (χ1n) is 5.90. The Labute approximate surface area is 114 Å². The molecule has 1 aromatic heterocycles. The Kier molecular flexibility index (Phi) is 2.84. The number of fused-ring (bicyclic) bond motifs is 1. The van der Waals surface area contributed by atoms with Gasteiger partial charge in [-0.2, -0.15) is 5.10 Å². The van der Waals surface area contributed by atoms with E-state index < -0.39 is 0 Å². The minimum Gasteiger partial charge on any atom is -0.267 e. The van der Waals surface area contributed by atoms with Crippen molar-refractivity contribution in [2.75, 3.05) is 0 Å². The van der Waals surface area contributed by atoms with Crippen LogP contribution in [0.15, 0.2) is 47.3 Å². The molecule has 94 valence electrons. The van der Waals surface area contributed by atoms with Crippen molar-refractivity contribution in [2.24, 2.45) is 0 Å². The fourth-order valence-corrected chi connectivity index (χ4v) is 2.23. The van der Waals surface area contributed by atoms with Crippen LogP contribution in [0.5, 0.6) is 0 Å². The van der Waals surface area contributed by atoms with Crippen molar-refractivity contribution in [3.8, 4) is 11.3 Å². The second-order valence-corrected chi connectivity index (χ2v) is 4.89. The van der Waals surface area contributed by atoms with Crippen LogP contribution in [0.25, 0.3) is 22.0 Å². The average Bonchev–Trinajstić information content (AvgIpc) is 2.40. The molecule has 0 spiro atoms. The molecule has 0 bridgehead atoms. The highest BCUT2D eigenvalue weighted by atomic mass is 35.5. The van der Waals surface area contributed by atoms with Crippen LogP contribution in [0.4, 0.5) is 0 Å². The smallest absolute Gasteiger partial charge is 0.267 e. The molecule has 19 heavy (non-hydrogen) atoms. The van der Waals surface area contributed by atoms with E-state index >= 15 is 0 Å². The molecule has 0 aliphatic rings. The van der Waals surface area contributed by atoms with E-state index in [-0.39, 0.29) is 5.56 Å². The SMILES string of the molecule is Cc1ccc2c(=O)[nH]nc(-c3ccc(Cl)cc3)c2c1. The summed E-state index contributed by atoms with van der Waals surface area (Å²) >= 11 is 5.89. The van der Waals surface area contributed by atoms with Crippen molar-refractivity contribution in [3.05, 3.63) is 63.4 Å².